The van der Waals surface area contributed by atoms with E-state index in [1.54, 1.807) is 0 Å². The molecule has 9 aromatic rings. The van der Waals surface area contributed by atoms with Crippen molar-refractivity contribution >= 4 is 71.7 Å². The Kier molecular flexibility index (Phi) is 2.54. The third kappa shape index (κ3) is 1.71. The molecule has 0 aliphatic rings. The number of para-hydroxylation sites is 1. The Labute approximate surface area is 186 Å². The van der Waals surface area contributed by atoms with Gasteiger partial charge in [0, 0.05) is 10.8 Å². The first kappa shape index (κ1) is 16.1. The van der Waals surface area contributed by atoms with Crippen molar-refractivity contribution < 1.29 is 0 Å². The van der Waals surface area contributed by atoms with E-state index in [1.165, 1.54) is 21.5 Å². The molecule has 0 bridgehead atoms. The molecule has 152 valence electrons. The summed E-state index contributed by atoms with van der Waals surface area (Å²) in [6.07, 6.45) is 0. The summed E-state index contributed by atoms with van der Waals surface area (Å²) in [6.45, 7) is 0. The smallest absolute Gasteiger partial charge is 0.223 e. The van der Waals surface area contributed by atoms with E-state index in [9.17, 15) is 0 Å². The Balaban J connectivity index is 1.60. The fraction of sp³-hybridized carbons (Fsp3) is 0. The molecule has 0 amide bonds. The van der Waals surface area contributed by atoms with Gasteiger partial charge in [-0.05, 0) is 35.0 Å². The van der Waals surface area contributed by atoms with E-state index in [-0.39, 0.29) is 0 Å². The molecule has 0 unspecified atom stereocenters. The van der Waals surface area contributed by atoms with Crippen molar-refractivity contribution in [2.45, 2.75) is 0 Å². The zero-order valence-corrected chi connectivity index (χ0v) is 17.4. The summed E-state index contributed by atoms with van der Waals surface area (Å²) < 4.78 is 6.81. The largest absolute Gasteiger partial charge is 0.276 e. The summed E-state index contributed by atoms with van der Waals surface area (Å²) in [5, 5.41) is 4.82. The molecule has 0 atom stereocenters. The van der Waals surface area contributed by atoms with Crippen LogP contribution < -0.4 is 0 Å². The molecule has 0 saturated carbocycles. The van der Waals surface area contributed by atoms with Gasteiger partial charge in [-0.2, -0.15) is 0 Å². The molecule has 0 radical (unpaired) electrons. The average molecular weight is 421 g/mol. The zero-order chi connectivity index (χ0) is 21.3. The van der Waals surface area contributed by atoms with Crippen LogP contribution in [0.5, 0.6) is 0 Å². The molecule has 4 heterocycles. The van der Waals surface area contributed by atoms with Crippen LogP contribution in [0, 0.1) is 0 Å². The second kappa shape index (κ2) is 5.22. The van der Waals surface area contributed by atoms with Gasteiger partial charge in [-0.15, -0.1) is 0 Å². The van der Waals surface area contributed by atoms with E-state index < -0.39 is 0 Å². The molecule has 33 heavy (non-hydrogen) atoms. The third-order valence-corrected chi connectivity index (χ3v) is 7.15. The molecule has 0 saturated heterocycles. The number of fused-ring (bicyclic) bond motifs is 14. The minimum atomic E-state index is 0.905. The molecule has 4 aromatic heterocycles. The van der Waals surface area contributed by atoms with Gasteiger partial charge in [0.05, 0.1) is 33.1 Å². The fourth-order valence-corrected chi connectivity index (χ4v) is 5.79. The second-order valence-corrected chi connectivity index (χ2v) is 8.78. The molecule has 0 N–H and O–H groups in total. The molecule has 5 heteroatoms. The molecular formula is C28H15N5. The second-order valence-electron chi connectivity index (χ2n) is 8.78. The van der Waals surface area contributed by atoms with E-state index in [4.69, 9.17) is 9.97 Å². The van der Waals surface area contributed by atoms with Crippen LogP contribution in [-0.4, -0.2) is 23.2 Å². The quantitative estimate of drug-likeness (QED) is 0.283. The number of benzene rings is 5. The standard InChI is InChI=1S/C28H15N5/c1-3-8-18-16(6-1)13-15-21-24(18)30-28-31(21)22-10-5-11-23-26(22)33(28)27-29-20-14-12-17-7-2-4-9-19(17)25(20)32(23)27/h1-15H. The Bertz CT molecular complexity index is 2240. The number of imidazole rings is 4. The molecule has 0 aliphatic carbocycles. The van der Waals surface area contributed by atoms with Gasteiger partial charge < -0.3 is 0 Å². The molecule has 0 aliphatic heterocycles. The molecule has 9 rings (SSSR count). The Morgan fingerprint density at radius 2 is 1.15 bits per heavy atom. The van der Waals surface area contributed by atoms with Crippen LogP contribution >= 0.6 is 0 Å². The lowest BCUT2D eigenvalue weighted by Gasteiger charge is -2.01. The first-order valence-electron chi connectivity index (χ1n) is 11.1. The summed E-state index contributed by atoms with van der Waals surface area (Å²) >= 11 is 0. The average Bonchev–Trinajstić information content (AvgIpc) is 3.58. The first-order chi connectivity index (χ1) is 16.4. The summed E-state index contributed by atoms with van der Waals surface area (Å²) in [5.41, 5.74) is 7.77. The van der Waals surface area contributed by atoms with Crippen molar-refractivity contribution in [3.05, 3.63) is 91.0 Å². The van der Waals surface area contributed by atoms with Gasteiger partial charge >= 0.3 is 0 Å². The van der Waals surface area contributed by atoms with E-state index in [1.807, 2.05) is 0 Å². The van der Waals surface area contributed by atoms with Crippen molar-refractivity contribution in [1.29, 1.82) is 0 Å². The predicted molar refractivity (Wildman–Crippen MR) is 134 cm³/mol. The van der Waals surface area contributed by atoms with E-state index in [0.29, 0.717) is 0 Å². The Hall–Kier alpha value is -4.64. The van der Waals surface area contributed by atoms with Crippen LogP contribution in [0.3, 0.4) is 0 Å². The zero-order valence-electron chi connectivity index (χ0n) is 17.4. The maximum atomic E-state index is 5.19. The SMILES string of the molecule is c1ccc2c(c1)ccc1c2nc2n1c1cccc3c1n2c1nc2ccc4ccccc4c2n31. The van der Waals surface area contributed by atoms with Gasteiger partial charge in [0.15, 0.2) is 0 Å². The molecule has 5 nitrogen and oxygen atoms in total. The van der Waals surface area contributed by atoms with Crippen LogP contribution in [0.15, 0.2) is 91.0 Å². The van der Waals surface area contributed by atoms with E-state index in [0.717, 1.165) is 50.2 Å². The molecule has 5 aromatic carbocycles. The third-order valence-electron chi connectivity index (χ3n) is 7.15. The summed E-state index contributed by atoms with van der Waals surface area (Å²) in [5.74, 6) is 1.81. The maximum absolute atomic E-state index is 5.19. The van der Waals surface area contributed by atoms with E-state index in [2.05, 4.69) is 104 Å². The highest BCUT2D eigenvalue weighted by Crippen LogP contribution is 2.37. The predicted octanol–water partition coefficient (Wildman–Crippen LogP) is 6.44. The highest BCUT2D eigenvalue weighted by atomic mass is 15.3. The Morgan fingerprint density at radius 3 is 2.03 bits per heavy atom. The van der Waals surface area contributed by atoms with Crippen molar-refractivity contribution in [2.24, 2.45) is 0 Å². The Morgan fingerprint density at radius 1 is 0.455 bits per heavy atom. The monoisotopic (exact) mass is 421 g/mol. The van der Waals surface area contributed by atoms with Crippen molar-refractivity contribution in [3.63, 3.8) is 0 Å². The lowest BCUT2D eigenvalue weighted by Crippen LogP contribution is -1.87. The van der Waals surface area contributed by atoms with Gasteiger partial charge in [0.2, 0.25) is 11.6 Å². The number of hydrogen-bond donors (Lipinski definition) is 0. The van der Waals surface area contributed by atoms with Crippen molar-refractivity contribution in [3.8, 4) is 0 Å². The van der Waals surface area contributed by atoms with Gasteiger partial charge in [0.1, 0.15) is 5.52 Å². The highest BCUT2D eigenvalue weighted by molar-refractivity contribution is 6.12. The first-order valence-corrected chi connectivity index (χ1v) is 11.1. The van der Waals surface area contributed by atoms with Crippen LogP contribution in [0.2, 0.25) is 0 Å². The number of rotatable bonds is 0. The number of hydrogen-bond acceptors (Lipinski definition) is 2. The lowest BCUT2D eigenvalue weighted by molar-refractivity contribution is 1.15. The lowest BCUT2D eigenvalue weighted by atomic mass is 10.1. The highest BCUT2D eigenvalue weighted by Gasteiger charge is 2.24. The van der Waals surface area contributed by atoms with E-state index >= 15 is 0 Å². The molecule has 0 spiro atoms. The van der Waals surface area contributed by atoms with Crippen LogP contribution in [0.1, 0.15) is 0 Å². The maximum Gasteiger partial charge on any atom is 0.223 e. The number of aromatic nitrogens is 5. The van der Waals surface area contributed by atoms with Gasteiger partial charge in [-0.3, -0.25) is 8.80 Å². The van der Waals surface area contributed by atoms with Crippen LogP contribution in [-0.2, 0) is 0 Å². The van der Waals surface area contributed by atoms with Gasteiger partial charge in [-0.25, -0.2) is 14.4 Å². The van der Waals surface area contributed by atoms with Crippen LogP contribution in [0.4, 0.5) is 0 Å². The van der Waals surface area contributed by atoms with Gasteiger partial charge in [-0.1, -0.05) is 66.7 Å². The minimum absolute atomic E-state index is 0.905. The normalized spacial score (nSPS) is 12.8. The summed E-state index contributed by atoms with van der Waals surface area (Å²) in [7, 11) is 0. The topological polar surface area (TPSA) is 39.0 Å². The van der Waals surface area contributed by atoms with Crippen molar-refractivity contribution in [1.82, 2.24) is 23.2 Å². The molecule has 0 fully saturated rings. The molecular weight excluding hydrogens is 406 g/mol. The van der Waals surface area contributed by atoms with Gasteiger partial charge in [0.25, 0.3) is 0 Å². The minimum Gasteiger partial charge on any atom is -0.276 e. The summed E-state index contributed by atoms with van der Waals surface area (Å²) in [4.78, 5) is 10.3. The van der Waals surface area contributed by atoms with Crippen molar-refractivity contribution in [2.75, 3.05) is 0 Å². The summed E-state index contributed by atoms with van der Waals surface area (Å²) in [6, 6.07) is 32.2. The number of nitrogens with zero attached hydrogens (tertiary/aromatic N) is 5. The fourth-order valence-electron chi connectivity index (χ4n) is 5.79. The van der Waals surface area contributed by atoms with Crippen LogP contribution in [0.25, 0.3) is 71.7 Å².